The zero-order valence-corrected chi connectivity index (χ0v) is 22.5. The van der Waals surface area contributed by atoms with Crippen molar-refractivity contribution in [2.45, 2.75) is 37.9 Å². The molecule has 4 nitrogen and oxygen atoms in total. The molecule has 1 N–H and O–H groups in total. The number of halogens is 2. The lowest BCUT2D eigenvalue weighted by atomic mass is 10.0. The van der Waals surface area contributed by atoms with Crippen molar-refractivity contribution in [1.29, 1.82) is 0 Å². The highest BCUT2D eigenvalue weighted by molar-refractivity contribution is 7.99. The number of unbranched alkanes of at least 4 members (excludes halogenated alkanes) is 1. The topological polar surface area (TPSA) is 46.9 Å². The van der Waals surface area contributed by atoms with E-state index in [1.165, 1.54) is 5.56 Å². The molecule has 0 aliphatic heterocycles. The number of aromatic nitrogens is 2. The molecular weight excluding hydrogens is 509 g/mol. The zero-order chi connectivity index (χ0) is 25.3. The molecule has 1 heterocycles. The van der Waals surface area contributed by atoms with Gasteiger partial charge in [-0.2, -0.15) is 0 Å². The van der Waals surface area contributed by atoms with E-state index >= 15 is 0 Å². The highest BCUT2D eigenvalue weighted by Crippen LogP contribution is 2.36. The molecule has 0 saturated heterocycles. The minimum absolute atomic E-state index is 0.152. The number of amides is 1. The van der Waals surface area contributed by atoms with Crippen LogP contribution in [0.15, 0.2) is 84.0 Å². The molecule has 0 radical (unpaired) electrons. The van der Waals surface area contributed by atoms with Gasteiger partial charge in [0.05, 0.1) is 21.4 Å². The van der Waals surface area contributed by atoms with Crippen LogP contribution in [0, 0.1) is 0 Å². The second-order valence-corrected chi connectivity index (χ2v) is 10.3. The Morgan fingerprint density at radius 2 is 1.61 bits per heavy atom. The van der Waals surface area contributed by atoms with Crippen molar-refractivity contribution in [3.63, 3.8) is 0 Å². The Labute approximate surface area is 227 Å². The molecule has 1 aromatic heterocycles. The van der Waals surface area contributed by atoms with Gasteiger partial charge in [0.15, 0.2) is 5.16 Å². The first kappa shape index (κ1) is 26.3. The van der Waals surface area contributed by atoms with Crippen molar-refractivity contribution in [3.8, 4) is 22.5 Å². The highest BCUT2D eigenvalue weighted by Gasteiger charge is 2.20. The van der Waals surface area contributed by atoms with E-state index in [-0.39, 0.29) is 5.91 Å². The molecule has 0 aliphatic rings. The van der Waals surface area contributed by atoms with Crippen molar-refractivity contribution in [1.82, 2.24) is 14.9 Å². The molecule has 7 heteroatoms. The lowest BCUT2D eigenvalue weighted by Gasteiger charge is -2.13. The molecule has 0 atom stereocenters. The fraction of sp³-hybridized carbons (Fsp3) is 0.241. The summed E-state index contributed by atoms with van der Waals surface area (Å²) in [6, 6.07) is 25.8. The molecular formula is C29H29Cl2N3OS. The Hall–Kier alpha value is -2.73. The molecule has 3 aromatic carbocycles. The van der Waals surface area contributed by atoms with Crippen LogP contribution < -0.4 is 5.32 Å². The summed E-state index contributed by atoms with van der Waals surface area (Å²) in [5, 5.41) is 4.79. The predicted octanol–water partition coefficient (Wildman–Crippen LogP) is 8.24. The Bertz CT molecular complexity index is 1290. The van der Waals surface area contributed by atoms with E-state index in [1.807, 2.05) is 12.1 Å². The summed E-state index contributed by atoms with van der Waals surface area (Å²) >= 11 is 13.7. The van der Waals surface area contributed by atoms with Gasteiger partial charge in [-0.3, -0.25) is 4.79 Å². The molecule has 36 heavy (non-hydrogen) atoms. The largest absolute Gasteiger partial charge is 0.352 e. The van der Waals surface area contributed by atoms with E-state index in [4.69, 9.17) is 28.2 Å². The normalized spacial score (nSPS) is 11.0. The van der Waals surface area contributed by atoms with Gasteiger partial charge in [-0.15, -0.1) is 0 Å². The summed E-state index contributed by atoms with van der Waals surface area (Å²) in [7, 11) is 0. The van der Waals surface area contributed by atoms with Crippen LogP contribution in [0.25, 0.3) is 22.5 Å². The minimum Gasteiger partial charge on any atom is -0.352 e. The van der Waals surface area contributed by atoms with Gasteiger partial charge in [-0.1, -0.05) is 109 Å². The summed E-state index contributed by atoms with van der Waals surface area (Å²) in [5.74, 6) is 0.688. The number of thioether (sulfide) groups is 1. The van der Waals surface area contributed by atoms with Crippen molar-refractivity contribution in [3.05, 3.63) is 94.5 Å². The van der Waals surface area contributed by atoms with Gasteiger partial charge in [0, 0.05) is 35.5 Å². The third-order valence-corrected chi connectivity index (χ3v) is 7.58. The minimum atomic E-state index is -0.152. The first-order valence-electron chi connectivity index (χ1n) is 12.2. The van der Waals surface area contributed by atoms with Gasteiger partial charge in [0.2, 0.25) is 0 Å². The lowest BCUT2D eigenvalue weighted by Crippen LogP contribution is -2.24. The standard InChI is InChI=1S/C29H29Cl2N3OS/c1-2-3-18-34-27(22-13-8-5-9-14-22)26(21-11-6-4-7-12-21)33-29(34)36-19-10-17-32-28(35)23-15-16-24(30)25(31)20-23/h4-9,11-16,20H,2-3,10,17-19H2,1H3,(H,32,35). The molecule has 0 fully saturated rings. The van der Waals surface area contributed by atoms with Crippen LogP contribution in [-0.2, 0) is 6.54 Å². The number of carbonyl (C=O) groups excluding carboxylic acids is 1. The second kappa shape index (κ2) is 13.0. The molecule has 4 rings (SSSR count). The molecule has 0 unspecified atom stereocenters. The Morgan fingerprint density at radius 3 is 2.28 bits per heavy atom. The van der Waals surface area contributed by atoms with Gasteiger partial charge in [-0.25, -0.2) is 4.98 Å². The third kappa shape index (κ3) is 6.52. The molecule has 186 valence electrons. The number of benzene rings is 3. The zero-order valence-electron chi connectivity index (χ0n) is 20.2. The van der Waals surface area contributed by atoms with Gasteiger partial charge in [0.1, 0.15) is 0 Å². The van der Waals surface area contributed by atoms with Crippen LogP contribution in [0.3, 0.4) is 0 Å². The number of rotatable bonds is 11. The molecule has 1 amide bonds. The lowest BCUT2D eigenvalue weighted by molar-refractivity contribution is 0.0954. The number of nitrogens with one attached hydrogen (secondary N) is 1. The first-order chi connectivity index (χ1) is 17.6. The molecule has 0 saturated carbocycles. The first-order valence-corrected chi connectivity index (χ1v) is 13.9. The van der Waals surface area contributed by atoms with E-state index in [0.29, 0.717) is 22.2 Å². The number of hydrogen-bond acceptors (Lipinski definition) is 3. The van der Waals surface area contributed by atoms with Gasteiger partial charge in [-0.05, 0) is 31.0 Å². The van der Waals surface area contributed by atoms with Crippen LogP contribution in [0.4, 0.5) is 0 Å². The maximum absolute atomic E-state index is 12.4. The summed E-state index contributed by atoms with van der Waals surface area (Å²) in [4.78, 5) is 17.6. The quantitative estimate of drug-likeness (QED) is 0.155. The summed E-state index contributed by atoms with van der Waals surface area (Å²) in [5.41, 5.74) is 4.95. The fourth-order valence-corrected chi connectivity index (χ4v) is 5.19. The molecule has 0 aliphatic carbocycles. The van der Waals surface area contributed by atoms with Crippen LogP contribution >= 0.6 is 35.0 Å². The van der Waals surface area contributed by atoms with Crippen LogP contribution in [0.2, 0.25) is 10.0 Å². The van der Waals surface area contributed by atoms with Crippen molar-refractivity contribution in [2.24, 2.45) is 0 Å². The number of hydrogen-bond donors (Lipinski definition) is 1. The molecule has 0 spiro atoms. The van der Waals surface area contributed by atoms with E-state index in [9.17, 15) is 4.79 Å². The SMILES string of the molecule is CCCCn1c(SCCCNC(=O)c2ccc(Cl)c(Cl)c2)nc(-c2ccccc2)c1-c1ccccc1. The third-order valence-electron chi connectivity index (χ3n) is 5.78. The summed E-state index contributed by atoms with van der Waals surface area (Å²) in [6.45, 7) is 3.69. The van der Waals surface area contributed by atoms with E-state index < -0.39 is 0 Å². The average Bonchev–Trinajstić information content (AvgIpc) is 3.27. The monoisotopic (exact) mass is 537 g/mol. The van der Waals surface area contributed by atoms with Crippen molar-refractivity contribution < 1.29 is 4.79 Å². The number of nitrogens with zero attached hydrogens (tertiary/aromatic N) is 2. The summed E-state index contributed by atoms with van der Waals surface area (Å²) in [6.07, 6.45) is 3.01. The molecule has 0 bridgehead atoms. The van der Waals surface area contributed by atoms with E-state index in [2.05, 4.69) is 65.3 Å². The van der Waals surface area contributed by atoms with Gasteiger partial charge < -0.3 is 9.88 Å². The van der Waals surface area contributed by atoms with Crippen molar-refractivity contribution >= 4 is 40.9 Å². The Morgan fingerprint density at radius 1 is 0.917 bits per heavy atom. The van der Waals surface area contributed by atoms with E-state index in [0.717, 1.165) is 53.7 Å². The highest BCUT2D eigenvalue weighted by atomic mass is 35.5. The average molecular weight is 539 g/mol. The van der Waals surface area contributed by atoms with Crippen LogP contribution in [0.1, 0.15) is 36.5 Å². The van der Waals surface area contributed by atoms with Crippen LogP contribution in [0.5, 0.6) is 0 Å². The van der Waals surface area contributed by atoms with Gasteiger partial charge >= 0.3 is 0 Å². The smallest absolute Gasteiger partial charge is 0.251 e. The summed E-state index contributed by atoms with van der Waals surface area (Å²) < 4.78 is 2.36. The van der Waals surface area contributed by atoms with Crippen LogP contribution in [-0.4, -0.2) is 27.8 Å². The fourth-order valence-electron chi connectivity index (χ4n) is 3.93. The maximum Gasteiger partial charge on any atom is 0.251 e. The second-order valence-electron chi connectivity index (χ2n) is 8.42. The van der Waals surface area contributed by atoms with Crippen molar-refractivity contribution in [2.75, 3.05) is 12.3 Å². The van der Waals surface area contributed by atoms with Gasteiger partial charge in [0.25, 0.3) is 5.91 Å². The Balaban J connectivity index is 1.49. The maximum atomic E-state index is 12.4. The predicted molar refractivity (Wildman–Crippen MR) is 152 cm³/mol. The number of imidazole rings is 1. The number of carbonyl (C=O) groups is 1. The van der Waals surface area contributed by atoms with E-state index in [1.54, 1.807) is 30.0 Å². The Kier molecular flexibility index (Phi) is 9.51. The molecule has 4 aromatic rings.